The van der Waals surface area contributed by atoms with Crippen LogP contribution in [0.2, 0.25) is 0 Å². The monoisotopic (exact) mass is 305 g/mol. The fourth-order valence-corrected chi connectivity index (χ4v) is 3.67. The maximum absolute atomic E-state index is 13.7. The predicted molar refractivity (Wildman–Crippen MR) is 84.6 cm³/mol. The van der Waals surface area contributed by atoms with Crippen LogP contribution in [0.15, 0.2) is 30.5 Å². The van der Waals surface area contributed by atoms with Crippen LogP contribution < -0.4 is 5.73 Å². The van der Waals surface area contributed by atoms with Crippen molar-refractivity contribution in [1.29, 1.82) is 0 Å². The highest BCUT2D eigenvalue weighted by Gasteiger charge is 2.20. The van der Waals surface area contributed by atoms with Gasteiger partial charge < -0.3 is 5.73 Å². The Bertz CT molecular complexity index is 591. The van der Waals surface area contributed by atoms with Gasteiger partial charge in [-0.2, -0.15) is 0 Å². The highest BCUT2D eigenvalue weighted by molar-refractivity contribution is 7.15. The van der Waals surface area contributed by atoms with Gasteiger partial charge in [0.2, 0.25) is 0 Å². The Morgan fingerprint density at radius 1 is 1.29 bits per heavy atom. The lowest BCUT2D eigenvalue weighted by molar-refractivity contribution is 0.177. The normalized spacial score (nSPS) is 17.2. The second-order valence-electron chi connectivity index (χ2n) is 5.68. The molecule has 0 unspecified atom stereocenters. The smallest absolute Gasteiger partial charge is 0.180 e. The predicted octanol–water partition coefficient (Wildman–Crippen LogP) is 3.32. The minimum absolute atomic E-state index is 0.0694. The molecule has 1 saturated heterocycles. The average Bonchev–Trinajstić information content (AvgIpc) is 2.89. The van der Waals surface area contributed by atoms with Crippen LogP contribution in [0.4, 0.5) is 9.52 Å². The molecule has 5 heteroatoms. The molecule has 21 heavy (non-hydrogen) atoms. The molecular formula is C16H20FN3S. The van der Waals surface area contributed by atoms with Crippen molar-refractivity contribution >= 4 is 16.5 Å². The first-order chi connectivity index (χ1) is 10.2. The summed E-state index contributed by atoms with van der Waals surface area (Å²) in [5, 5.41) is 0.638. The number of benzene rings is 1. The molecule has 3 nitrogen and oxygen atoms in total. The summed E-state index contributed by atoms with van der Waals surface area (Å²) in [6, 6.07) is 7.13. The molecule has 0 amide bonds. The topological polar surface area (TPSA) is 42.1 Å². The number of thiazole rings is 1. The zero-order valence-corrected chi connectivity index (χ0v) is 12.8. The number of nitrogens with two attached hydrogens (primary N) is 1. The minimum atomic E-state index is -0.0694. The van der Waals surface area contributed by atoms with Crippen molar-refractivity contribution in [3.05, 3.63) is 46.7 Å². The third-order valence-electron chi connectivity index (χ3n) is 4.12. The van der Waals surface area contributed by atoms with Gasteiger partial charge in [0.15, 0.2) is 5.13 Å². The fourth-order valence-electron chi connectivity index (χ4n) is 2.94. The molecule has 1 aliphatic heterocycles. The van der Waals surface area contributed by atoms with Crippen LogP contribution in [0, 0.1) is 11.7 Å². The van der Waals surface area contributed by atoms with Gasteiger partial charge >= 0.3 is 0 Å². The van der Waals surface area contributed by atoms with E-state index in [-0.39, 0.29) is 5.82 Å². The van der Waals surface area contributed by atoms with Crippen LogP contribution in [-0.2, 0) is 13.0 Å². The Morgan fingerprint density at radius 2 is 2.05 bits per heavy atom. The van der Waals surface area contributed by atoms with E-state index in [1.54, 1.807) is 23.5 Å². The van der Waals surface area contributed by atoms with Crippen LogP contribution in [0.5, 0.6) is 0 Å². The Balaban J connectivity index is 1.50. The third-order valence-corrected chi connectivity index (χ3v) is 4.94. The zero-order valence-electron chi connectivity index (χ0n) is 12.0. The Morgan fingerprint density at radius 3 is 2.71 bits per heavy atom. The van der Waals surface area contributed by atoms with E-state index in [4.69, 9.17) is 5.73 Å². The maximum atomic E-state index is 13.7. The molecule has 0 saturated carbocycles. The molecule has 0 atom stereocenters. The van der Waals surface area contributed by atoms with Gasteiger partial charge in [-0.3, -0.25) is 4.90 Å². The van der Waals surface area contributed by atoms with E-state index in [9.17, 15) is 4.39 Å². The molecule has 2 aromatic rings. The van der Waals surface area contributed by atoms with Crippen LogP contribution in [0.3, 0.4) is 0 Å². The van der Waals surface area contributed by atoms with Gasteiger partial charge in [-0.25, -0.2) is 9.37 Å². The fraction of sp³-hybridized carbons (Fsp3) is 0.438. The Hall–Kier alpha value is -1.46. The highest BCUT2D eigenvalue weighted by Crippen LogP contribution is 2.25. The number of nitrogens with zero attached hydrogens (tertiary/aromatic N) is 2. The number of piperidine rings is 1. The van der Waals surface area contributed by atoms with E-state index in [2.05, 4.69) is 9.88 Å². The lowest BCUT2D eigenvalue weighted by Gasteiger charge is -2.31. The highest BCUT2D eigenvalue weighted by atomic mass is 32.1. The van der Waals surface area contributed by atoms with E-state index in [0.717, 1.165) is 44.5 Å². The van der Waals surface area contributed by atoms with Crippen LogP contribution in [-0.4, -0.2) is 23.0 Å². The largest absolute Gasteiger partial charge is 0.375 e. The maximum Gasteiger partial charge on any atom is 0.180 e. The number of anilines is 1. The van der Waals surface area contributed by atoms with Gasteiger partial charge in [0.25, 0.3) is 0 Å². The standard InChI is InChI=1S/C16H20FN3S/c17-15-4-2-1-3-13(15)9-12-5-7-20(8-6-12)11-14-10-19-16(18)21-14/h1-4,10,12H,5-9,11H2,(H2,18,19). The molecule has 0 spiro atoms. The summed E-state index contributed by atoms with van der Waals surface area (Å²) in [5.41, 5.74) is 6.51. The second-order valence-corrected chi connectivity index (χ2v) is 6.83. The van der Waals surface area contributed by atoms with Gasteiger partial charge in [0, 0.05) is 17.6 Å². The number of hydrogen-bond donors (Lipinski definition) is 1. The number of likely N-dealkylation sites (tertiary alicyclic amines) is 1. The van der Waals surface area contributed by atoms with E-state index in [1.165, 1.54) is 4.88 Å². The van der Waals surface area contributed by atoms with Crippen molar-refractivity contribution in [2.45, 2.75) is 25.8 Å². The van der Waals surface area contributed by atoms with Crippen LogP contribution >= 0.6 is 11.3 Å². The lowest BCUT2D eigenvalue weighted by Crippen LogP contribution is -2.33. The summed E-state index contributed by atoms with van der Waals surface area (Å²) in [6.07, 6.45) is 4.98. The van der Waals surface area contributed by atoms with Crippen molar-refractivity contribution in [3.63, 3.8) is 0 Å². The summed E-state index contributed by atoms with van der Waals surface area (Å²) in [7, 11) is 0. The molecule has 1 aromatic heterocycles. The first kappa shape index (κ1) is 14.5. The van der Waals surface area contributed by atoms with Crippen molar-refractivity contribution < 1.29 is 4.39 Å². The minimum Gasteiger partial charge on any atom is -0.375 e. The zero-order chi connectivity index (χ0) is 14.7. The number of hydrogen-bond acceptors (Lipinski definition) is 4. The van der Waals surface area contributed by atoms with Gasteiger partial charge in [0.05, 0.1) is 0 Å². The molecule has 1 aliphatic rings. The van der Waals surface area contributed by atoms with Gasteiger partial charge in [-0.05, 0) is 49.9 Å². The molecular weight excluding hydrogens is 285 g/mol. The molecule has 3 rings (SSSR count). The summed E-state index contributed by atoms with van der Waals surface area (Å²) in [6.45, 7) is 3.06. The molecule has 0 bridgehead atoms. The summed E-state index contributed by atoms with van der Waals surface area (Å²) >= 11 is 1.56. The quantitative estimate of drug-likeness (QED) is 0.942. The number of nitrogen functional groups attached to an aromatic ring is 1. The van der Waals surface area contributed by atoms with Gasteiger partial charge in [-0.15, -0.1) is 11.3 Å². The molecule has 1 aromatic carbocycles. The molecule has 2 heterocycles. The van der Waals surface area contributed by atoms with Crippen LogP contribution in [0.25, 0.3) is 0 Å². The first-order valence-corrected chi connectivity index (χ1v) is 8.18. The van der Waals surface area contributed by atoms with Gasteiger partial charge in [-0.1, -0.05) is 18.2 Å². The number of aromatic nitrogens is 1. The first-order valence-electron chi connectivity index (χ1n) is 7.36. The molecule has 2 N–H and O–H groups in total. The molecule has 0 aliphatic carbocycles. The summed E-state index contributed by atoms with van der Waals surface area (Å²) in [4.78, 5) is 7.75. The summed E-state index contributed by atoms with van der Waals surface area (Å²) < 4.78 is 13.7. The molecule has 1 fully saturated rings. The average molecular weight is 305 g/mol. The van der Waals surface area contributed by atoms with Gasteiger partial charge in [0.1, 0.15) is 5.82 Å². The van der Waals surface area contributed by atoms with Crippen molar-refractivity contribution in [1.82, 2.24) is 9.88 Å². The van der Waals surface area contributed by atoms with E-state index in [0.29, 0.717) is 11.0 Å². The Kier molecular flexibility index (Phi) is 4.51. The number of rotatable bonds is 4. The Labute approximate surface area is 128 Å². The van der Waals surface area contributed by atoms with Crippen LogP contribution in [0.1, 0.15) is 23.3 Å². The third kappa shape index (κ3) is 3.80. The summed E-state index contributed by atoms with van der Waals surface area (Å²) in [5.74, 6) is 0.518. The van der Waals surface area contributed by atoms with E-state index < -0.39 is 0 Å². The SMILES string of the molecule is Nc1ncc(CN2CCC(Cc3ccccc3F)CC2)s1. The van der Waals surface area contributed by atoms with Crippen molar-refractivity contribution in [2.24, 2.45) is 5.92 Å². The molecule has 112 valence electrons. The van der Waals surface area contributed by atoms with E-state index in [1.807, 2.05) is 18.3 Å². The van der Waals surface area contributed by atoms with Crippen molar-refractivity contribution in [2.75, 3.05) is 18.8 Å². The lowest BCUT2D eigenvalue weighted by atomic mass is 9.90. The molecule has 0 radical (unpaired) electrons. The van der Waals surface area contributed by atoms with Crippen molar-refractivity contribution in [3.8, 4) is 0 Å². The second kappa shape index (κ2) is 6.54. The van der Waals surface area contributed by atoms with E-state index >= 15 is 0 Å². The number of halogens is 1.